The topological polar surface area (TPSA) is 73.3 Å². The van der Waals surface area contributed by atoms with Crippen LogP contribution >= 0.6 is 0 Å². The molecule has 0 aliphatic carbocycles. The monoisotopic (exact) mass is 341 g/mol. The van der Waals surface area contributed by atoms with E-state index in [1.807, 2.05) is 26.8 Å². The number of nitrogens with one attached hydrogen (secondary N) is 1. The Kier molecular flexibility index (Phi) is 4.99. The predicted octanol–water partition coefficient (Wildman–Crippen LogP) is 3.28. The number of amides is 1. The molecule has 6 heteroatoms. The zero-order chi connectivity index (χ0) is 17.9. The second kappa shape index (κ2) is 7.19. The lowest BCUT2D eigenvalue weighted by Crippen LogP contribution is -2.36. The molecular formula is C19H23N3O3. The summed E-state index contributed by atoms with van der Waals surface area (Å²) < 4.78 is 11.2. The van der Waals surface area contributed by atoms with Crippen LogP contribution in [0.25, 0.3) is 11.3 Å². The Bertz CT molecular complexity index is 741. The van der Waals surface area contributed by atoms with Crippen molar-refractivity contribution in [2.45, 2.75) is 38.9 Å². The molecule has 1 aliphatic heterocycles. The van der Waals surface area contributed by atoms with Crippen molar-refractivity contribution in [3.63, 3.8) is 0 Å². The summed E-state index contributed by atoms with van der Waals surface area (Å²) in [6.07, 6.45) is 3.49. The van der Waals surface area contributed by atoms with Gasteiger partial charge in [0.1, 0.15) is 18.0 Å². The van der Waals surface area contributed by atoms with Gasteiger partial charge in [0.25, 0.3) is 0 Å². The second-order valence-electron chi connectivity index (χ2n) is 7.00. The van der Waals surface area contributed by atoms with Gasteiger partial charge in [0, 0.05) is 11.8 Å². The van der Waals surface area contributed by atoms with Gasteiger partial charge in [0.05, 0.1) is 18.8 Å². The summed E-state index contributed by atoms with van der Waals surface area (Å²) >= 11 is 0. The minimum absolute atomic E-state index is 0.196. The predicted molar refractivity (Wildman–Crippen MR) is 94.1 cm³/mol. The molecule has 25 heavy (non-hydrogen) atoms. The summed E-state index contributed by atoms with van der Waals surface area (Å²) in [7, 11) is 0. The quantitative estimate of drug-likeness (QED) is 0.927. The third-order valence-electron chi connectivity index (χ3n) is 3.89. The van der Waals surface area contributed by atoms with Crippen LogP contribution in [0.5, 0.6) is 0 Å². The largest absolute Gasteiger partial charge is 0.444 e. The number of aromatic nitrogens is 2. The fourth-order valence-corrected chi connectivity index (χ4v) is 2.80. The van der Waals surface area contributed by atoms with Crippen LogP contribution in [0, 0.1) is 0 Å². The first-order chi connectivity index (χ1) is 11.9. The van der Waals surface area contributed by atoms with Crippen molar-refractivity contribution >= 4 is 6.09 Å². The molecule has 2 heterocycles. The summed E-state index contributed by atoms with van der Waals surface area (Å²) in [5.41, 5.74) is 3.67. The lowest BCUT2D eigenvalue weighted by Gasteiger charge is -2.27. The molecule has 0 fully saturated rings. The molecular weight excluding hydrogens is 318 g/mol. The molecule has 1 aliphatic rings. The zero-order valence-electron chi connectivity index (χ0n) is 14.8. The van der Waals surface area contributed by atoms with Crippen LogP contribution in [0.1, 0.15) is 38.0 Å². The Morgan fingerprint density at radius 2 is 2.20 bits per heavy atom. The Morgan fingerprint density at radius 3 is 2.92 bits per heavy atom. The molecule has 1 unspecified atom stereocenters. The minimum atomic E-state index is -0.518. The van der Waals surface area contributed by atoms with Gasteiger partial charge in [0.15, 0.2) is 0 Å². The van der Waals surface area contributed by atoms with Crippen LogP contribution in [-0.2, 0) is 15.9 Å². The van der Waals surface area contributed by atoms with Gasteiger partial charge in [-0.25, -0.2) is 14.8 Å². The first-order valence-electron chi connectivity index (χ1n) is 8.40. The Labute approximate surface area is 147 Å². The average molecular weight is 341 g/mol. The van der Waals surface area contributed by atoms with Crippen LogP contribution < -0.4 is 5.32 Å². The smallest absolute Gasteiger partial charge is 0.407 e. The highest BCUT2D eigenvalue weighted by molar-refractivity contribution is 5.68. The second-order valence-corrected chi connectivity index (χ2v) is 7.00. The number of fused-ring (bicyclic) bond motifs is 1. The maximum atomic E-state index is 11.9. The van der Waals surface area contributed by atoms with Gasteiger partial charge in [-0.2, -0.15) is 0 Å². The highest BCUT2D eigenvalue weighted by atomic mass is 16.6. The van der Waals surface area contributed by atoms with Crippen LogP contribution in [0.2, 0.25) is 0 Å². The van der Waals surface area contributed by atoms with Gasteiger partial charge < -0.3 is 14.8 Å². The van der Waals surface area contributed by atoms with E-state index in [9.17, 15) is 4.79 Å². The van der Waals surface area contributed by atoms with Gasteiger partial charge in [-0.3, -0.25) is 0 Å². The van der Waals surface area contributed by atoms with Gasteiger partial charge in [-0.05, 0) is 50.5 Å². The van der Waals surface area contributed by atoms with E-state index < -0.39 is 11.7 Å². The minimum Gasteiger partial charge on any atom is -0.444 e. The molecule has 0 saturated carbocycles. The average Bonchev–Trinajstić information content (AvgIpc) is 2.59. The number of hydrogen-bond donors (Lipinski definition) is 1. The van der Waals surface area contributed by atoms with Gasteiger partial charge >= 0.3 is 6.09 Å². The summed E-state index contributed by atoms with van der Waals surface area (Å²) in [6, 6.07) is 8.12. The molecule has 1 aromatic heterocycles. The molecule has 0 saturated heterocycles. The summed E-state index contributed by atoms with van der Waals surface area (Å²) in [6.45, 7) is 6.53. The number of alkyl carbamates (subject to hydrolysis) is 1. The van der Waals surface area contributed by atoms with Crippen molar-refractivity contribution in [2.24, 2.45) is 0 Å². The molecule has 3 rings (SSSR count). The lowest BCUT2D eigenvalue weighted by molar-refractivity contribution is 0.0289. The molecule has 0 spiro atoms. The van der Waals surface area contributed by atoms with Crippen molar-refractivity contribution < 1.29 is 14.3 Å². The number of hydrogen-bond acceptors (Lipinski definition) is 5. The normalized spacial score (nSPS) is 16.8. The van der Waals surface area contributed by atoms with E-state index in [0.717, 1.165) is 23.2 Å². The van der Waals surface area contributed by atoms with E-state index in [4.69, 9.17) is 9.47 Å². The summed E-state index contributed by atoms with van der Waals surface area (Å²) in [4.78, 5) is 20.1. The molecule has 1 amide bonds. The van der Waals surface area contributed by atoms with Crippen molar-refractivity contribution in [3.8, 4) is 11.3 Å². The van der Waals surface area contributed by atoms with Crippen LogP contribution in [0.15, 0.2) is 36.8 Å². The molecule has 1 N–H and O–H groups in total. The van der Waals surface area contributed by atoms with Crippen molar-refractivity contribution in [2.75, 3.05) is 13.2 Å². The van der Waals surface area contributed by atoms with Crippen LogP contribution in [0.3, 0.4) is 0 Å². The van der Waals surface area contributed by atoms with E-state index in [1.165, 1.54) is 11.9 Å². The maximum Gasteiger partial charge on any atom is 0.407 e. The van der Waals surface area contributed by atoms with Crippen LogP contribution in [-0.4, -0.2) is 34.8 Å². The first kappa shape index (κ1) is 17.4. The standard InChI is InChI=1S/C19H23N3O3/c1-19(2,3)25-18(23)21-11-17-15-10-14(16-6-8-20-12-22-16)5-4-13(15)7-9-24-17/h4-6,8,10,12,17H,7,9,11H2,1-3H3,(H,21,23). The number of carbonyl (C=O) groups excluding carboxylic acids is 1. The fourth-order valence-electron chi connectivity index (χ4n) is 2.80. The maximum absolute atomic E-state index is 11.9. The summed E-state index contributed by atoms with van der Waals surface area (Å²) in [5, 5.41) is 2.80. The molecule has 1 atom stereocenters. The molecule has 132 valence electrons. The number of rotatable bonds is 3. The van der Waals surface area contributed by atoms with Gasteiger partial charge in [-0.1, -0.05) is 12.1 Å². The molecule has 6 nitrogen and oxygen atoms in total. The van der Waals surface area contributed by atoms with E-state index in [-0.39, 0.29) is 6.10 Å². The molecule has 0 bridgehead atoms. The fraction of sp³-hybridized carbons (Fsp3) is 0.421. The van der Waals surface area contributed by atoms with Crippen molar-refractivity contribution in [3.05, 3.63) is 47.9 Å². The highest BCUT2D eigenvalue weighted by Crippen LogP contribution is 2.30. The van der Waals surface area contributed by atoms with Gasteiger partial charge in [-0.15, -0.1) is 0 Å². The molecule has 1 aromatic carbocycles. The van der Waals surface area contributed by atoms with E-state index >= 15 is 0 Å². The third-order valence-corrected chi connectivity index (χ3v) is 3.89. The van der Waals surface area contributed by atoms with Gasteiger partial charge in [0.2, 0.25) is 0 Å². The zero-order valence-corrected chi connectivity index (χ0v) is 14.8. The summed E-state index contributed by atoms with van der Waals surface area (Å²) in [5.74, 6) is 0. The SMILES string of the molecule is CC(C)(C)OC(=O)NCC1OCCc2ccc(-c3ccncn3)cc21. The number of benzene rings is 1. The van der Waals surface area contributed by atoms with Crippen molar-refractivity contribution in [1.82, 2.24) is 15.3 Å². The number of carbonyl (C=O) groups is 1. The Hall–Kier alpha value is -2.47. The third kappa shape index (κ3) is 4.54. The number of nitrogens with zero attached hydrogens (tertiary/aromatic N) is 2. The Balaban J connectivity index is 1.75. The molecule has 0 radical (unpaired) electrons. The van der Waals surface area contributed by atoms with E-state index in [0.29, 0.717) is 13.2 Å². The van der Waals surface area contributed by atoms with Crippen molar-refractivity contribution in [1.29, 1.82) is 0 Å². The van der Waals surface area contributed by atoms with E-state index in [1.54, 1.807) is 6.20 Å². The number of ether oxygens (including phenoxy) is 2. The van der Waals surface area contributed by atoms with E-state index in [2.05, 4.69) is 33.5 Å². The molecule has 2 aromatic rings. The van der Waals surface area contributed by atoms with Crippen LogP contribution in [0.4, 0.5) is 4.79 Å². The Morgan fingerprint density at radius 1 is 1.36 bits per heavy atom. The highest BCUT2D eigenvalue weighted by Gasteiger charge is 2.23. The lowest BCUT2D eigenvalue weighted by atomic mass is 9.94. The first-order valence-corrected chi connectivity index (χ1v) is 8.40.